The van der Waals surface area contributed by atoms with Gasteiger partial charge in [-0.15, -0.1) is 0 Å². The van der Waals surface area contributed by atoms with Crippen LogP contribution in [-0.4, -0.2) is 71.5 Å². The van der Waals surface area contributed by atoms with Gasteiger partial charge in [-0.05, 0) is 6.42 Å². The van der Waals surface area contributed by atoms with Crippen LogP contribution in [0.1, 0.15) is 19.2 Å². The van der Waals surface area contributed by atoms with Gasteiger partial charge < -0.3 is 9.30 Å². The molecule has 2 heterocycles. The third-order valence-corrected chi connectivity index (χ3v) is 4.26. The van der Waals surface area contributed by atoms with E-state index in [9.17, 15) is 13.2 Å². The molecule has 0 saturated carbocycles. The van der Waals surface area contributed by atoms with Crippen molar-refractivity contribution in [1.82, 2.24) is 19.4 Å². The molecule has 1 aliphatic rings. The molecule has 0 N–H and O–H groups in total. The average molecular weight is 334 g/mol. The first kappa shape index (κ1) is 18.2. The molecule has 132 valence electrons. The summed E-state index contributed by atoms with van der Waals surface area (Å²) >= 11 is 0. The predicted molar refractivity (Wildman–Crippen MR) is 81.1 cm³/mol. The van der Waals surface area contributed by atoms with Crippen molar-refractivity contribution in [3.05, 3.63) is 18.2 Å². The van der Waals surface area contributed by atoms with Crippen LogP contribution in [0.25, 0.3) is 0 Å². The Labute approximate surface area is 135 Å². The van der Waals surface area contributed by atoms with Gasteiger partial charge in [0, 0.05) is 51.7 Å². The molecular formula is C15H25F3N4O. The van der Waals surface area contributed by atoms with E-state index >= 15 is 0 Å². The molecule has 0 unspecified atom stereocenters. The Morgan fingerprint density at radius 3 is 2.78 bits per heavy atom. The van der Waals surface area contributed by atoms with Crippen LogP contribution in [0.3, 0.4) is 0 Å². The van der Waals surface area contributed by atoms with E-state index in [-0.39, 0.29) is 0 Å². The standard InChI is InChI=1S/C15H25F3N4O/c1-3-13-10-20(6-7-21(13)8-9-23-2)11-14-19-4-5-22(14)12-15(16,17)18/h4-5,13H,3,6-12H2,1-2H3/t13-/m0/s1. The molecular weight excluding hydrogens is 309 g/mol. The minimum atomic E-state index is -4.22. The summed E-state index contributed by atoms with van der Waals surface area (Å²) in [7, 11) is 1.69. The number of aromatic nitrogens is 2. The zero-order valence-electron chi connectivity index (χ0n) is 13.7. The number of halogens is 3. The largest absolute Gasteiger partial charge is 0.406 e. The molecule has 1 aliphatic heterocycles. The Balaban J connectivity index is 1.93. The summed E-state index contributed by atoms with van der Waals surface area (Å²) in [4.78, 5) is 8.68. The highest BCUT2D eigenvalue weighted by atomic mass is 19.4. The van der Waals surface area contributed by atoms with E-state index in [2.05, 4.69) is 21.7 Å². The van der Waals surface area contributed by atoms with E-state index in [0.29, 0.717) is 25.0 Å². The summed E-state index contributed by atoms with van der Waals surface area (Å²) < 4.78 is 44.1. The number of rotatable bonds is 7. The third kappa shape index (κ3) is 5.47. The fraction of sp³-hybridized carbons (Fsp3) is 0.800. The van der Waals surface area contributed by atoms with E-state index in [1.54, 1.807) is 7.11 Å². The van der Waals surface area contributed by atoms with Gasteiger partial charge in [0.2, 0.25) is 0 Å². The lowest BCUT2D eigenvalue weighted by Gasteiger charge is -2.41. The van der Waals surface area contributed by atoms with Gasteiger partial charge >= 0.3 is 6.18 Å². The maximum absolute atomic E-state index is 12.6. The molecule has 1 fully saturated rings. The van der Waals surface area contributed by atoms with Crippen LogP contribution in [0, 0.1) is 0 Å². The number of piperazine rings is 1. The van der Waals surface area contributed by atoms with Crippen molar-refractivity contribution in [3.8, 4) is 0 Å². The van der Waals surface area contributed by atoms with Crippen molar-refractivity contribution in [2.75, 3.05) is 39.9 Å². The van der Waals surface area contributed by atoms with Gasteiger partial charge in [-0.2, -0.15) is 13.2 Å². The molecule has 1 aromatic heterocycles. The van der Waals surface area contributed by atoms with E-state index in [1.165, 1.54) is 17.0 Å². The third-order valence-electron chi connectivity index (χ3n) is 4.26. The summed E-state index contributed by atoms with van der Waals surface area (Å²) in [5, 5.41) is 0. The fourth-order valence-electron chi connectivity index (χ4n) is 3.02. The molecule has 0 radical (unpaired) electrons. The Hall–Kier alpha value is -1.12. The molecule has 1 atom stereocenters. The normalized spacial score (nSPS) is 21.0. The Bertz CT molecular complexity index is 478. The number of alkyl halides is 3. The number of hydrogen-bond acceptors (Lipinski definition) is 4. The van der Waals surface area contributed by atoms with Gasteiger partial charge in [-0.25, -0.2) is 4.98 Å². The Morgan fingerprint density at radius 1 is 1.35 bits per heavy atom. The van der Waals surface area contributed by atoms with Gasteiger partial charge in [0.1, 0.15) is 12.4 Å². The molecule has 0 amide bonds. The van der Waals surface area contributed by atoms with Crippen molar-refractivity contribution in [3.63, 3.8) is 0 Å². The number of methoxy groups -OCH3 is 1. The molecule has 23 heavy (non-hydrogen) atoms. The summed E-state index contributed by atoms with van der Waals surface area (Å²) in [5.74, 6) is 0.475. The first-order chi connectivity index (χ1) is 10.9. The summed E-state index contributed by atoms with van der Waals surface area (Å²) in [6.45, 7) is 5.79. The van der Waals surface area contributed by atoms with E-state index in [0.717, 1.165) is 32.6 Å². The number of ether oxygens (including phenoxy) is 1. The van der Waals surface area contributed by atoms with E-state index in [1.807, 2.05) is 0 Å². The molecule has 0 aliphatic carbocycles. The van der Waals surface area contributed by atoms with Crippen LogP contribution in [0.4, 0.5) is 13.2 Å². The van der Waals surface area contributed by atoms with Crippen LogP contribution in [0.5, 0.6) is 0 Å². The van der Waals surface area contributed by atoms with Crippen molar-refractivity contribution in [2.45, 2.75) is 38.7 Å². The van der Waals surface area contributed by atoms with E-state index in [4.69, 9.17) is 4.74 Å². The zero-order chi connectivity index (χ0) is 16.9. The molecule has 5 nitrogen and oxygen atoms in total. The Kier molecular flexibility index (Phi) is 6.43. The first-order valence-electron chi connectivity index (χ1n) is 7.95. The summed E-state index contributed by atoms with van der Waals surface area (Å²) in [6, 6.07) is 0.407. The smallest absolute Gasteiger partial charge is 0.383 e. The highest BCUT2D eigenvalue weighted by molar-refractivity contribution is 4.94. The quantitative estimate of drug-likeness (QED) is 0.764. The van der Waals surface area contributed by atoms with Crippen LogP contribution in [0.2, 0.25) is 0 Å². The highest BCUT2D eigenvalue weighted by Gasteiger charge is 2.30. The predicted octanol–water partition coefficient (Wildman–Crippen LogP) is 1.99. The van der Waals surface area contributed by atoms with Gasteiger partial charge in [0.15, 0.2) is 0 Å². The number of imidazole rings is 1. The Morgan fingerprint density at radius 2 is 2.13 bits per heavy atom. The van der Waals surface area contributed by atoms with Gasteiger partial charge in [-0.1, -0.05) is 6.92 Å². The van der Waals surface area contributed by atoms with E-state index < -0.39 is 12.7 Å². The molecule has 2 rings (SSSR count). The second-order valence-corrected chi connectivity index (χ2v) is 5.91. The molecule has 0 aromatic carbocycles. The lowest BCUT2D eigenvalue weighted by atomic mass is 10.1. The highest BCUT2D eigenvalue weighted by Crippen LogP contribution is 2.20. The molecule has 0 bridgehead atoms. The second kappa shape index (κ2) is 8.12. The maximum atomic E-state index is 12.6. The van der Waals surface area contributed by atoms with Crippen molar-refractivity contribution in [1.29, 1.82) is 0 Å². The minimum absolute atomic E-state index is 0.407. The second-order valence-electron chi connectivity index (χ2n) is 5.91. The molecule has 8 heteroatoms. The topological polar surface area (TPSA) is 33.5 Å². The molecule has 1 saturated heterocycles. The minimum Gasteiger partial charge on any atom is -0.383 e. The fourth-order valence-corrected chi connectivity index (χ4v) is 3.02. The lowest BCUT2D eigenvalue weighted by Crippen LogP contribution is -2.53. The van der Waals surface area contributed by atoms with Crippen molar-refractivity contribution >= 4 is 0 Å². The number of nitrogens with zero attached hydrogens (tertiary/aromatic N) is 4. The zero-order valence-corrected chi connectivity index (χ0v) is 13.7. The van der Waals surface area contributed by atoms with Crippen molar-refractivity contribution < 1.29 is 17.9 Å². The van der Waals surface area contributed by atoms with Crippen molar-refractivity contribution in [2.24, 2.45) is 0 Å². The van der Waals surface area contributed by atoms with Gasteiger partial charge in [0.05, 0.1) is 13.2 Å². The lowest BCUT2D eigenvalue weighted by molar-refractivity contribution is -0.141. The van der Waals surface area contributed by atoms with Gasteiger partial charge in [-0.3, -0.25) is 9.80 Å². The number of hydrogen-bond donors (Lipinski definition) is 0. The molecule has 0 spiro atoms. The summed E-state index contributed by atoms with van der Waals surface area (Å²) in [6.07, 6.45) is -0.375. The van der Waals surface area contributed by atoms with Crippen LogP contribution in [-0.2, 0) is 17.8 Å². The van der Waals surface area contributed by atoms with Gasteiger partial charge in [0.25, 0.3) is 0 Å². The van der Waals surface area contributed by atoms with Crippen LogP contribution < -0.4 is 0 Å². The van der Waals surface area contributed by atoms with Crippen LogP contribution in [0.15, 0.2) is 12.4 Å². The molecule has 1 aromatic rings. The SMILES string of the molecule is CC[C@H]1CN(Cc2nccn2CC(F)(F)F)CCN1CCOC. The van der Waals surface area contributed by atoms with Crippen LogP contribution >= 0.6 is 0 Å². The monoisotopic (exact) mass is 334 g/mol. The maximum Gasteiger partial charge on any atom is 0.406 e. The first-order valence-corrected chi connectivity index (χ1v) is 7.95. The summed E-state index contributed by atoms with van der Waals surface area (Å²) in [5.41, 5.74) is 0. The average Bonchev–Trinajstić information content (AvgIpc) is 2.90.